The minimum atomic E-state index is -0.517. The van der Waals surface area contributed by atoms with Crippen molar-refractivity contribution in [3.63, 3.8) is 0 Å². The SMILES string of the molecule is CC(C)(C)OCC(O)CN1CCN(Cc2nc(C(=O)Nc3cccc(F)c3)co2)CC1. The lowest BCUT2D eigenvalue weighted by atomic mass is 10.2. The topological polar surface area (TPSA) is 91.1 Å². The first-order valence-electron chi connectivity index (χ1n) is 10.5. The maximum atomic E-state index is 13.3. The van der Waals surface area contributed by atoms with E-state index in [9.17, 15) is 14.3 Å². The van der Waals surface area contributed by atoms with Gasteiger partial charge < -0.3 is 19.6 Å². The summed E-state index contributed by atoms with van der Waals surface area (Å²) in [5, 5.41) is 12.8. The molecule has 1 aliphatic heterocycles. The molecule has 1 unspecified atom stereocenters. The number of carbonyl (C=O) groups excluding carboxylic acids is 1. The maximum Gasteiger partial charge on any atom is 0.277 e. The molecule has 0 aliphatic carbocycles. The molecule has 31 heavy (non-hydrogen) atoms. The van der Waals surface area contributed by atoms with E-state index >= 15 is 0 Å². The molecular weight excluding hydrogens is 403 g/mol. The lowest BCUT2D eigenvalue weighted by Gasteiger charge is -2.35. The highest BCUT2D eigenvalue weighted by Gasteiger charge is 2.22. The number of β-amino-alcohol motifs (C(OH)–C–C–N with tert-alkyl or cyclic N) is 1. The van der Waals surface area contributed by atoms with Gasteiger partial charge in [-0.1, -0.05) is 6.07 Å². The van der Waals surface area contributed by atoms with Crippen molar-refractivity contribution in [3.05, 3.63) is 47.9 Å². The van der Waals surface area contributed by atoms with Crippen molar-refractivity contribution in [2.75, 3.05) is 44.6 Å². The number of nitrogens with zero attached hydrogens (tertiary/aromatic N) is 3. The first kappa shape index (κ1) is 23.3. The molecule has 170 valence electrons. The second-order valence-corrected chi connectivity index (χ2v) is 8.74. The van der Waals surface area contributed by atoms with Gasteiger partial charge in [0.15, 0.2) is 5.69 Å². The maximum absolute atomic E-state index is 13.3. The van der Waals surface area contributed by atoms with Gasteiger partial charge in [0.1, 0.15) is 12.1 Å². The van der Waals surface area contributed by atoms with Crippen LogP contribution in [0.5, 0.6) is 0 Å². The number of hydrogen-bond acceptors (Lipinski definition) is 7. The summed E-state index contributed by atoms with van der Waals surface area (Å²) >= 11 is 0. The lowest BCUT2D eigenvalue weighted by Crippen LogP contribution is -2.49. The molecule has 1 fully saturated rings. The third-order valence-electron chi connectivity index (χ3n) is 4.87. The zero-order chi connectivity index (χ0) is 22.4. The van der Waals surface area contributed by atoms with Gasteiger partial charge in [0.25, 0.3) is 5.91 Å². The summed E-state index contributed by atoms with van der Waals surface area (Å²) in [6.45, 7) is 10.6. The summed E-state index contributed by atoms with van der Waals surface area (Å²) < 4.78 is 24.3. The molecule has 0 saturated carbocycles. The summed E-state index contributed by atoms with van der Waals surface area (Å²) in [5.74, 6) is -0.416. The highest BCUT2D eigenvalue weighted by atomic mass is 19.1. The van der Waals surface area contributed by atoms with Gasteiger partial charge in [-0.15, -0.1) is 0 Å². The normalized spacial score (nSPS) is 16.9. The summed E-state index contributed by atoms with van der Waals surface area (Å²) in [4.78, 5) is 20.9. The van der Waals surface area contributed by atoms with Crippen LogP contribution in [-0.4, -0.2) is 76.8 Å². The number of aliphatic hydroxyl groups excluding tert-OH is 1. The van der Waals surface area contributed by atoms with Gasteiger partial charge in [-0.25, -0.2) is 9.37 Å². The van der Waals surface area contributed by atoms with E-state index in [4.69, 9.17) is 9.15 Å². The number of rotatable bonds is 8. The van der Waals surface area contributed by atoms with Gasteiger partial charge >= 0.3 is 0 Å². The summed E-state index contributed by atoms with van der Waals surface area (Å²) in [5.41, 5.74) is 0.253. The highest BCUT2D eigenvalue weighted by Crippen LogP contribution is 2.14. The van der Waals surface area contributed by atoms with Crippen LogP contribution in [0.4, 0.5) is 10.1 Å². The van der Waals surface area contributed by atoms with Crippen molar-refractivity contribution in [1.29, 1.82) is 0 Å². The third-order valence-corrected chi connectivity index (χ3v) is 4.87. The van der Waals surface area contributed by atoms with Crippen LogP contribution in [0.15, 0.2) is 34.9 Å². The largest absolute Gasteiger partial charge is 0.447 e. The molecule has 2 heterocycles. The minimum Gasteiger partial charge on any atom is -0.447 e. The van der Waals surface area contributed by atoms with Gasteiger partial charge in [0, 0.05) is 38.4 Å². The Morgan fingerprint density at radius 2 is 2.00 bits per heavy atom. The molecule has 1 atom stereocenters. The minimum absolute atomic E-state index is 0.153. The molecule has 3 rings (SSSR count). The Morgan fingerprint density at radius 1 is 1.29 bits per heavy atom. The molecular formula is C22H31FN4O4. The van der Waals surface area contributed by atoms with E-state index < -0.39 is 17.8 Å². The number of oxazole rings is 1. The van der Waals surface area contributed by atoms with E-state index in [2.05, 4.69) is 20.1 Å². The van der Waals surface area contributed by atoms with E-state index in [-0.39, 0.29) is 11.3 Å². The first-order chi connectivity index (χ1) is 14.7. The zero-order valence-corrected chi connectivity index (χ0v) is 18.3. The molecule has 1 saturated heterocycles. The summed E-state index contributed by atoms with van der Waals surface area (Å²) in [7, 11) is 0. The summed E-state index contributed by atoms with van der Waals surface area (Å²) in [6, 6.07) is 5.68. The fourth-order valence-corrected chi connectivity index (χ4v) is 3.27. The van der Waals surface area contributed by atoms with Crippen LogP contribution in [0, 0.1) is 5.82 Å². The molecule has 1 amide bonds. The Labute approximate surface area is 182 Å². The number of aromatic nitrogens is 1. The van der Waals surface area contributed by atoms with E-state index in [0.29, 0.717) is 31.3 Å². The van der Waals surface area contributed by atoms with Gasteiger partial charge in [0.2, 0.25) is 5.89 Å². The number of anilines is 1. The Kier molecular flexibility index (Phi) is 7.77. The van der Waals surface area contributed by atoms with Crippen molar-refractivity contribution in [2.24, 2.45) is 0 Å². The number of amides is 1. The number of hydrogen-bond donors (Lipinski definition) is 2. The van der Waals surface area contributed by atoms with E-state index in [1.165, 1.54) is 24.5 Å². The van der Waals surface area contributed by atoms with E-state index in [0.717, 1.165) is 26.2 Å². The second-order valence-electron chi connectivity index (χ2n) is 8.74. The zero-order valence-electron chi connectivity index (χ0n) is 18.3. The molecule has 0 bridgehead atoms. The number of benzene rings is 1. The van der Waals surface area contributed by atoms with Crippen LogP contribution in [-0.2, 0) is 11.3 Å². The average Bonchev–Trinajstić information content (AvgIpc) is 3.16. The van der Waals surface area contributed by atoms with Gasteiger partial charge in [-0.3, -0.25) is 14.6 Å². The molecule has 0 spiro atoms. The molecule has 0 radical (unpaired) electrons. The smallest absolute Gasteiger partial charge is 0.277 e. The predicted molar refractivity (Wildman–Crippen MR) is 114 cm³/mol. The standard InChI is InChI=1S/C22H31FN4O4/c1-22(2,3)31-14-18(28)12-26-7-9-27(10-8-26)13-20-25-19(15-30-20)21(29)24-17-6-4-5-16(23)11-17/h4-6,11,15,18,28H,7-10,12-14H2,1-3H3,(H,24,29). The Hall–Kier alpha value is -2.33. The summed E-state index contributed by atoms with van der Waals surface area (Å²) in [6.07, 6.45) is 0.794. The Bertz CT molecular complexity index is 859. The molecule has 8 nitrogen and oxygen atoms in total. The lowest BCUT2D eigenvalue weighted by molar-refractivity contribution is -0.0588. The number of piperazine rings is 1. The molecule has 1 aromatic heterocycles. The molecule has 9 heteroatoms. The van der Waals surface area contributed by atoms with Crippen LogP contribution in [0.1, 0.15) is 37.2 Å². The van der Waals surface area contributed by atoms with Crippen molar-refractivity contribution >= 4 is 11.6 Å². The Balaban J connectivity index is 1.42. The molecule has 2 N–H and O–H groups in total. The number of halogens is 1. The third kappa shape index (κ3) is 7.70. The molecule has 2 aromatic rings. The van der Waals surface area contributed by atoms with E-state index in [1.54, 1.807) is 6.07 Å². The fourth-order valence-electron chi connectivity index (χ4n) is 3.27. The number of ether oxygens (including phenoxy) is 1. The van der Waals surface area contributed by atoms with Gasteiger partial charge in [-0.2, -0.15) is 0 Å². The monoisotopic (exact) mass is 434 g/mol. The fraction of sp³-hybridized carbons (Fsp3) is 0.545. The number of aliphatic hydroxyl groups is 1. The van der Waals surface area contributed by atoms with Crippen LogP contribution in [0.3, 0.4) is 0 Å². The van der Waals surface area contributed by atoms with Crippen LogP contribution in [0.2, 0.25) is 0 Å². The first-order valence-corrected chi connectivity index (χ1v) is 10.5. The van der Waals surface area contributed by atoms with Gasteiger partial charge in [0.05, 0.1) is 24.9 Å². The van der Waals surface area contributed by atoms with E-state index in [1.807, 2.05) is 20.8 Å². The number of carbonyl (C=O) groups is 1. The quantitative estimate of drug-likeness (QED) is 0.659. The predicted octanol–water partition coefficient (Wildman–Crippen LogP) is 2.36. The van der Waals surface area contributed by atoms with Crippen LogP contribution >= 0.6 is 0 Å². The van der Waals surface area contributed by atoms with Crippen LogP contribution < -0.4 is 5.32 Å². The van der Waals surface area contributed by atoms with Crippen molar-refractivity contribution in [1.82, 2.24) is 14.8 Å². The Morgan fingerprint density at radius 3 is 2.68 bits per heavy atom. The number of nitrogens with one attached hydrogen (secondary N) is 1. The van der Waals surface area contributed by atoms with Gasteiger partial charge in [-0.05, 0) is 39.0 Å². The highest BCUT2D eigenvalue weighted by molar-refractivity contribution is 6.02. The molecule has 1 aliphatic rings. The second kappa shape index (κ2) is 10.3. The molecule has 1 aromatic carbocycles. The van der Waals surface area contributed by atoms with Crippen molar-refractivity contribution in [3.8, 4) is 0 Å². The average molecular weight is 435 g/mol. The van der Waals surface area contributed by atoms with Crippen molar-refractivity contribution in [2.45, 2.75) is 39.0 Å². The van der Waals surface area contributed by atoms with Crippen LogP contribution in [0.25, 0.3) is 0 Å². The van der Waals surface area contributed by atoms with Crippen molar-refractivity contribution < 1.29 is 23.4 Å².